The first kappa shape index (κ1) is 30.5. The lowest BCUT2D eigenvalue weighted by atomic mass is 10.1. The van der Waals surface area contributed by atoms with Crippen LogP contribution in [0.4, 0.5) is 0 Å². The van der Waals surface area contributed by atoms with Gasteiger partial charge < -0.3 is 33.5 Å². The first-order valence-electron chi connectivity index (χ1n) is 12.4. The Bertz CT molecular complexity index is 1100. The van der Waals surface area contributed by atoms with Crippen LogP contribution in [-0.2, 0) is 4.74 Å². The maximum Gasteiger partial charge on any atom is 0.203 e. The molecular formula is C31H40O7. The lowest BCUT2D eigenvalue weighted by Gasteiger charge is -2.15. The molecule has 2 aromatic carbocycles. The summed E-state index contributed by atoms with van der Waals surface area (Å²) in [5.74, 6) is 3.04. The van der Waals surface area contributed by atoms with E-state index in [0.29, 0.717) is 55.2 Å². The van der Waals surface area contributed by atoms with Crippen molar-refractivity contribution in [2.45, 2.75) is 20.8 Å². The van der Waals surface area contributed by atoms with Crippen LogP contribution in [0.15, 0.2) is 65.8 Å². The standard InChI is InChI=1S/C31H40O7/c1-23(2)13-17-37-27-12-11-25(19-28(27)33-4)10-8-16-36-22-24(3)14-18-38-31-29(34-5)20-26(9-7-15-32)21-30(31)35-6/h7-14,19-21,32H,15-18,22H2,1-6H3/b9-7+,10-8+,24-14+. The number of hydrogen-bond acceptors (Lipinski definition) is 7. The Hall–Kier alpha value is -3.68. The topological polar surface area (TPSA) is 75.6 Å². The summed E-state index contributed by atoms with van der Waals surface area (Å²) in [6.45, 7) is 7.82. The minimum Gasteiger partial charge on any atom is -0.493 e. The zero-order valence-corrected chi connectivity index (χ0v) is 23.3. The minimum absolute atomic E-state index is 0.0424. The number of allylic oxidation sites excluding steroid dienone is 1. The number of methoxy groups -OCH3 is 3. The molecule has 7 heteroatoms. The van der Waals surface area contributed by atoms with E-state index in [1.807, 2.05) is 75.4 Å². The van der Waals surface area contributed by atoms with Gasteiger partial charge in [-0.3, -0.25) is 0 Å². The first-order valence-corrected chi connectivity index (χ1v) is 12.4. The van der Waals surface area contributed by atoms with Crippen LogP contribution >= 0.6 is 0 Å². The molecule has 0 saturated carbocycles. The summed E-state index contributed by atoms with van der Waals surface area (Å²) in [4.78, 5) is 0. The summed E-state index contributed by atoms with van der Waals surface area (Å²) >= 11 is 0. The van der Waals surface area contributed by atoms with Crippen molar-refractivity contribution in [2.24, 2.45) is 0 Å². The number of hydrogen-bond donors (Lipinski definition) is 1. The molecule has 0 atom stereocenters. The van der Waals surface area contributed by atoms with Crippen molar-refractivity contribution in [3.8, 4) is 28.7 Å². The highest BCUT2D eigenvalue weighted by Gasteiger charge is 2.13. The molecule has 0 aromatic heterocycles. The summed E-state index contributed by atoms with van der Waals surface area (Å²) in [7, 11) is 4.79. The molecule has 1 N–H and O–H groups in total. The molecule has 0 saturated heterocycles. The second kappa shape index (κ2) is 16.9. The number of aliphatic hydroxyl groups is 1. The zero-order chi connectivity index (χ0) is 27.8. The molecule has 0 bridgehead atoms. The SMILES string of the molecule is COc1cc(/C=C/COC/C(C)=C/COc2c(OC)cc(/C=C/CO)cc2OC)ccc1OCC=C(C)C. The zero-order valence-electron chi connectivity index (χ0n) is 23.3. The number of aliphatic hydroxyl groups excluding tert-OH is 1. The fraction of sp³-hybridized carbons (Fsp3) is 0.355. The molecule has 0 aliphatic carbocycles. The average molecular weight is 525 g/mol. The molecule has 0 aliphatic rings. The monoisotopic (exact) mass is 524 g/mol. The molecule has 0 heterocycles. The number of rotatable bonds is 16. The summed E-state index contributed by atoms with van der Waals surface area (Å²) < 4.78 is 33.9. The van der Waals surface area contributed by atoms with Crippen LogP contribution in [0.2, 0.25) is 0 Å². The molecule has 0 radical (unpaired) electrons. The normalized spacial score (nSPS) is 11.6. The van der Waals surface area contributed by atoms with E-state index >= 15 is 0 Å². The number of ether oxygens (including phenoxy) is 6. The smallest absolute Gasteiger partial charge is 0.203 e. The fourth-order valence-electron chi connectivity index (χ4n) is 3.33. The third-order valence-electron chi connectivity index (χ3n) is 5.33. The van der Waals surface area contributed by atoms with Gasteiger partial charge in [-0.25, -0.2) is 0 Å². The first-order chi connectivity index (χ1) is 18.4. The van der Waals surface area contributed by atoms with E-state index in [2.05, 4.69) is 0 Å². The molecule has 206 valence electrons. The largest absolute Gasteiger partial charge is 0.493 e. The molecule has 2 aromatic rings. The van der Waals surface area contributed by atoms with Crippen LogP contribution in [0.1, 0.15) is 31.9 Å². The molecule has 2 rings (SSSR count). The lowest BCUT2D eigenvalue weighted by molar-refractivity contribution is 0.186. The lowest BCUT2D eigenvalue weighted by Crippen LogP contribution is -2.02. The molecule has 0 spiro atoms. The van der Waals surface area contributed by atoms with Crippen LogP contribution < -0.4 is 23.7 Å². The Morgan fingerprint density at radius 1 is 0.711 bits per heavy atom. The van der Waals surface area contributed by atoms with Gasteiger partial charge in [-0.15, -0.1) is 0 Å². The minimum atomic E-state index is -0.0424. The Balaban J connectivity index is 1.86. The van der Waals surface area contributed by atoms with Gasteiger partial charge in [0, 0.05) is 0 Å². The Morgan fingerprint density at radius 2 is 1.34 bits per heavy atom. The molecule has 0 fully saturated rings. The summed E-state index contributed by atoms with van der Waals surface area (Å²) in [6.07, 6.45) is 11.4. The van der Waals surface area contributed by atoms with Gasteiger partial charge in [0.25, 0.3) is 0 Å². The van der Waals surface area contributed by atoms with Crippen molar-refractivity contribution in [3.63, 3.8) is 0 Å². The van der Waals surface area contributed by atoms with E-state index in [1.54, 1.807) is 33.5 Å². The van der Waals surface area contributed by atoms with E-state index in [1.165, 1.54) is 5.57 Å². The molecule has 0 unspecified atom stereocenters. The van der Waals surface area contributed by atoms with Gasteiger partial charge in [0.15, 0.2) is 23.0 Å². The Labute approximate surface area is 226 Å². The van der Waals surface area contributed by atoms with Gasteiger partial charge in [0.2, 0.25) is 5.75 Å². The van der Waals surface area contributed by atoms with Crippen molar-refractivity contribution in [2.75, 3.05) is 54.4 Å². The van der Waals surface area contributed by atoms with Crippen LogP contribution in [0.3, 0.4) is 0 Å². The Kier molecular flexibility index (Phi) is 13.6. The average Bonchev–Trinajstić information content (AvgIpc) is 2.92. The van der Waals surface area contributed by atoms with E-state index in [9.17, 15) is 0 Å². The van der Waals surface area contributed by atoms with E-state index < -0.39 is 0 Å². The predicted octanol–water partition coefficient (Wildman–Crippen LogP) is 6.12. The fourth-order valence-corrected chi connectivity index (χ4v) is 3.33. The van der Waals surface area contributed by atoms with Crippen molar-refractivity contribution >= 4 is 12.2 Å². The van der Waals surface area contributed by atoms with Crippen molar-refractivity contribution < 1.29 is 33.5 Å². The maximum atomic E-state index is 9.01. The number of benzene rings is 2. The molecule has 0 aliphatic heterocycles. The van der Waals surface area contributed by atoms with Crippen LogP contribution in [0, 0.1) is 0 Å². The van der Waals surface area contributed by atoms with Gasteiger partial charge in [-0.2, -0.15) is 0 Å². The molecular weight excluding hydrogens is 484 g/mol. The van der Waals surface area contributed by atoms with Gasteiger partial charge in [-0.1, -0.05) is 35.9 Å². The van der Waals surface area contributed by atoms with Gasteiger partial charge >= 0.3 is 0 Å². The van der Waals surface area contributed by atoms with Crippen LogP contribution in [0.25, 0.3) is 12.2 Å². The summed E-state index contributed by atoms with van der Waals surface area (Å²) in [5, 5.41) is 9.01. The summed E-state index contributed by atoms with van der Waals surface area (Å²) in [6, 6.07) is 9.49. The molecule has 0 amide bonds. The third-order valence-corrected chi connectivity index (χ3v) is 5.33. The highest BCUT2D eigenvalue weighted by atomic mass is 16.5. The molecule has 38 heavy (non-hydrogen) atoms. The van der Waals surface area contributed by atoms with Gasteiger partial charge in [0.1, 0.15) is 13.2 Å². The summed E-state index contributed by atoms with van der Waals surface area (Å²) in [5.41, 5.74) is 4.09. The van der Waals surface area contributed by atoms with Gasteiger partial charge in [-0.05, 0) is 73.9 Å². The van der Waals surface area contributed by atoms with Crippen LogP contribution in [-0.4, -0.2) is 59.5 Å². The second-order valence-corrected chi connectivity index (χ2v) is 8.62. The maximum absolute atomic E-state index is 9.01. The highest BCUT2D eigenvalue weighted by Crippen LogP contribution is 2.39. The van der Waals surface area contributed by atoms with Crippen molar-refractivity contribution in [1.82, 2.24) is 0 Å². The van der Waals surface area contributed by atoms with E-state index in [-0.39, 0.29) is 6.61 Å². The third kappa shape index (κ3) is 10.4. The van der Waals surface area contributed by atoms with Crippen molar-refractivity contribution in [3.05, 3.63) is 76.9 Å². The predicted molar refractivity (Wildman–Crippen MR) is 153 cm³/mol. The van der Waals surface area contributed by atoms with Crippen LogP contribution in [0.5, 0.6) is 28.7 Å². The second-order valence-electron chi connectivity index (χ2n) is 8.62. The van der Waals surface area contributed by atoms with E-state index in [0.717, 1.165) is 16.7 Å². The molecule has 7 nitrogen and oxygen atoms in total. The quantitative estimate of drug-likeness (QED) is 0.209. The van der Waals surface area contributed by atoms with Gasteiger partial charge in [0.05, 0.1) is 41.2 Å². The van der Waals surface area contributed by atoms with E-state index in [4.69, 9.17) is 33.5 Å². The highest BCUT2D eigenvalue weighted by molar-refractivity contribution is 5.62. The Morgan fingerprint density at radius 3 is 1.97 bits per heavy atom. The van der Waals surface area contributed by atoms with Crippen molar-refractivity contribution in [1.29, 1.82) is 0 Å².